The quantitative estimate of drug-likeness (QED) is 0.507. The zero-order valence-corrected chi connectivity index (χ0v) is 15.7. The number of hydrogen-bond acceptors (Lipinski definition) is 6. The number of benzene rings is 1. The van der Waals surface area contributed by atoms with Crippen molar-refractivity contribution in [1.82, 2.24) is 15.0 Å². The summed E-state index contributed by atoms with van der Waals surface area (Å²) in [6.07, 6.45) is 3.39. The Kier molecular flexibility index (Phi) is 4.44. The highest BCUT2D eigenvalue weighted by Crippen LogP contribution is 2.30. The Morgan fingerprint density at radius 2 is 1.96 bits per heavy atom. The van der Waals surface area contributed by atoms with E-state index in [0.29, 0.717) is 10.7 Å². The summed E-state index contributed by atoms with van der Waals surface area (Å²) >= 11 is 7.44. The first-order valence-electron chi connectivity index (χ1n) is 7.66. The van der Waals surface area contributed by atoms with Gasteiger partial charge < -0.3 is 0 Å². The van der Waals surface area contributed by atoms with Gasteiger partial charge in [0.1, 0.15) is 11.6 Å². The maximum absolute atomic E-state index is 12.7. The summed E-state index contributed by atoms with van der Waals surface area (Å²) in [4.78, 5) is 13.2. The number of fused-ring (bicyclic) bond motifs is 1. The van der Waals surface area contributed by atoms with Crippen LogP contribution in [0.4, 0.5) is 0 Å². The van der Waals surface area contributed by atoms with E-state index in [1.807, 2.05) is 23.6 Å². The highest BCUT2D eigenvalue weighted by molar-refractivity contribution is 7.90. The molecule has 3 aromatic heterocycles. The summed E-state index contributed by atoms with van der Waals surface area (Å²) in [5, 5.41) is 2.28. The van der Waals surface area contributed by atoms with E-state index in [1.54, 1.807) is 24.5 Å². The fourth-order valence-corrected chi connectivity index (χ4v) is 4.91. The van der Waals surface area contributed by atoms with Crippen molar-refractivity contribution in [3.05, 3.63) is 71.1 Å². The molecule has 4 rings (SSSR count). The van der Waals surface area contributed by atoms with Crippen molar-refractivity contribution < 1.29 is 8.42 Å². The van der Waals surface area contributed by atoms with E-state index in [1.165, 1.54) is 23.5 Å². The first kappa shape index (κ1) is 17.1. The molecule has 0 bridgehead atoms. The molecule has 0 N–H and O–H groups in total. The molecule has 0 saturated heterocycles. The third-order valence-electron chi connectivity index (χ3n) is 3.76. The van der Waals surface area contributed by atoms with Crippen LogP contribution in [0.2, 0.25) is 5.02 Å². The summed E-state index contributed by atoms with van der Waals surface area (Å²) in [5.74, 6) is -0.0541. The van der Waals surface area contributed by atoms with Gasteiger partial charge in [0.2, 0.25) is 0 Å². The van der Waals surface area contributed by atoms with E-state index < -0.39 is 9.84 Å². The van der Waals surface area contributed by atoms with Crippen LogP contribution in [0.15, 0.2) is 65.1 Å². The lowest BCUT2D eigenvalue weighted by Crippen LogP contribution is -2.08. The topological polar surface area (TPSA) is 72.8 Å². The van der Waals surface area contributed by atoms with Crippen molar-refractivity contribution in [2.75, 3.05) is 0 Å². The number of nitrogens with zero attached hydrogens (tertiary/aromatic N) is 3. The Bertz CT molecular complexity index is 1190. The first-order chi connectivity index (χ1) is 12.5. The highest BCUT2D eigenvalue weighted by atomic mass is 35.5. The number of sulfone groups is 1. The molecular weight excluding hydrogens is 390 g/mol. The number of pyridine rings is 1. The van der Waals surface area contributed by atoms with Gasteiger partial charge in [-0.25, -0.2) is 18.4 Å². The van der Waals surface area contributed by atoms with E-state index in [0.717, 1.165) is 15.8 Å². The molecule has 0 unspecified atom stereocenters. The third-order valence-corrected chi connectivity index (χ3v) is 6.52. The maximum atomic E-state index is 12.7. The minimum absolute atomic E-state index is 0.155. The number of aromatic nitrogens is 3. The first-order valence-corrected chi connectivity index (χ1v) is 10.6. The molecule has 0 saturated carbocycles. The predicted molar refractivity (Wildman–Crippen MR) is 103 cm³/mol. The molecule has 130 valence electrons. The van der Waals surface area contributed by atoms with Crippen molar-refractivity contribution in [2.24, 2.45) is 0 Å². The fraction of sp³-hybridized carbons (Fsp3) is 0.0556. The Labute approximate surface area is 159 Å². The second-order valence-corrected chi connectivity index (χ2v) is 8.92. The lowest BCUT2D eigenvalue weighted by Gasteiger charge is -2.07. The van der Waals surface area contributed by atoms with E-state index >= 15 is 0 Å². The summed E-state index contributed by atoms with van der Waals surface area (Å²) in [7, 11) is -3.61. The standard InChI is InChI=1S/C18H12ClN3O2S2/c19-13-4-1-5-14(9-13)26(23,24)11-16-21-15-6-8-25-18(15)17(22-16)12-3-2-7-20-10-12/h1-10H,11H2. The van der Waals surface area contributed by atoms with Crippen LogP contribution in [0.5, 0.6) is 0 Å². The van der Waals surface area contributed by atoms with Crippen molar-refractivity contribution in [1.29, 1.82) is 0 Å². The van der Waals surface area contributed by atoms with Crippen molar-refractivity contribution in [3.63, 3.8) is 0 Å². The molecule has 0 aliphatic heterocycles. The zero-order valence-electron chi connectivity index (χ0n) is 13.3. The van der Waals surface area contributed by atoms with Crippen LogP contribution in [-0.4, -0.2) is 23.4 Å². The molecule has 0 spiro atoms. The van der Waals surface area contributed by atoms with Gasteiger partial charge in [-0.2, -0.15) is 0 Å². The molecule has 26 heavy (non-hydrogen) atoms. The summed E-state index contributed by atoms with van der Waals surface area (Å²) in [6, 6.07) is 11.8. The van der Waals surface area contributed by atoms with Crippen molar-refractivity contribution in [3.8, 4) is 11.3 Å². The van der Waals surface area contributed by atoms with E-state index in [4.69, 9.17) is 11.6 Å². The number of rotatable bonds is 4. The lowest BCUT2D eigenvalue weighted by atomic mass is 10.2. The Morgan fingerprint density at radius 3 is 2.73 bits per heavy atom. The van der Waals surface area contributed by atoms with Gasteiger partial charge in [0.25, 0.3) is 0 Å². The Hall–Kier alpha value is -2.35. The van der Waals surface area contributed by atoms with Crippen molar-refractivity contribution in [2.45, 2.75) is 10.6 Å². The van der Waals surface area contributed by atoms with Gasteiger partial charge in [0, 0.05) is 23.0 Å². The second-order valence-electron chi connectivity index (χ2n) is 5.58. The fourth-order valence-electron chi connectivity index (χ4n) is 2.59. The molecular formula is C18H12ClN3O2S2. The maximum Gasteiger partial charge on any atom is 0.185 e. The van der Waals surface area contributed by atoms with E-state index in [2.05, 4.69) is 15.0 Å². The number of hydrogen-bond donors (Lipinski definition) is 0. The molecule has 0 aliphatic rings. The van der Waals surface area contributed by atoms with Gasteiger partial charge in [-0.05, 0) is 41.8 Å². The van der Waals surface area contributed by atoms with Gasteiger partial charge in [0.15, 0.2) is 9.84 Å². The van der Waals surface area contributed by atoms with Gasteiger partial charge in [0.05, 0.1) is 20.8 Å². The van der Waals surface area contributed by atoms with Crippen LogP contribution in [0.3, 0.4) is 0 Å². The van der Waals surface area contributed by atoms with Crippen LogP contribution in [0, 0.1) is 0 Å². The molecule has 0 atom stereocenters. The van der Waals surface area contributed by atoms with Crippen LogP contribution < -0.4 is 0 Å². The van der Waals surface area contributed by atoms with Gasteiger partial charge >= 0.3 is 0 Å². The molecule has 0 aliphatic carbocycles. The van der Waals surface area contributed by atoms with Crippen LogP contribution >= 0.6 is 22.9 Å². The molecule has 5 nitrogen and oxygen atoms in total. The van der Waals surface area contributed by atoms with Crippen molar-refractivity contribution >= 4 is 43.0 Å². The molecule has 4 aromatic rings. The minimum atomic E-state index is -3.61. The predicted octanol–water partition coefficient (Wildman–Crippen LogP) is 4.38. The summed E-state index contributed by atoms with van der Waals surface area (Å²) in [6.45, 7) is 0. The highest BCUT2D eigenvalue weighted by Gasteiger charge is 2.20. The van der Waals surface area contributed by atoms with E-state index in [-0.39, 0.29) is 16.5 Å². The SMILES string of the molecule is O=S(=O)(Cc1nc(-c2cccnc2)c2sccc2n1)c1cccc(Cl)c1. The molecule has 0 radical (unpaired) electrons. The van der Waals surface area contributed by atoms with Gasteiger partial charge in [-0.3, -0.25) is 4.98 Å². The molecule has 1 aromatic carbocycles. The number of thiophene rings is 1. The average molecular weight is 402 g/mol. The van der Waals surface area contributed by atoms with E-state index in [9.17, 15) is 8.42 Å². The minimum Gasteiger partial charge on any atom is -0.264 e. The Balaban J connectivity index is 1.80. The molecule has 8 heteroatoms. The average Bonchev–Trinajstić information content (AvgIpc) is 3.10. The molecule has 3 heterocycles. The smallest absolute Gasteiger partial charge is 0.185 e. The third kappa shape index (κ3) is 3.33. The van der Waals surface area contributed by atoms with Gasteiger partial charge in [-0.15, -0.1) is 11.3 Å². The van der Waals surface area contributed by atoms with Crippen LogP contribution in [0.1, 0.15) is 5.82 Å². The van der Waals surface area contributed by atoms with Gasteiger partial charge in [-0.1, -0.05) is 17.7 Å². The second kappa shape index (κ2) is 6.75. The summed E-state index contributed by atoms with van der Waals surface area (Å²) < 4.78 is 26.4. The zero-order chi connectivity index (χ0) is 18.1. The largest absolute Gasteiger partial charge is 0.264 e. The normalized spacial score (nSPS) is 11.7. The lowest BCUT2D eigenvalue weighted by molar-refractivity contribution is 0.594. The molecule has 0 fully saturated rings. The molecule has 0 amide bonds. The summed E-state index contributed by atoms with van der Waals surface area (Å²) in [5.41, 5.74) is 2.23. The Morgan fingerprint density at radius 1 is 1.08 bits per heavy atom. The van der Waals surface area contributed by atoms with Crippen LogP contribution in [-0.2, 0) is 15.6 Å². The number of halogens is 1. The monoisotopic (exact) mass is 401 g/mol. The van der Waals surface area contributed by atoms with Crippen LogP contribution in [0.25, 0.3) is 21.5 Å².